The molecule has 28 atom stereocenters. The van der Waals surface area contributed by atoms with Crippen LogP contribution in [0.1, 0.15) is 169 Å². The van der Waals surface area contributed by atoms with E-state index in [1.165, 1.54) is 13.8 Å². The molecule has 6 aliphatic heterocycles. The van der Waals surface area contributed by atoms with Gasteiger partial charge >= 0.3 is 0 Å². The summed E-state index contributed by atoms with van der Waals surface area (Å²) >= 11 is 0. The Morgan fingerprint density at radius 2 is 0.868 bits per heavy atom. The summed E-state index contributed by atoms with van der Waals surface area (Å²) in [5.41, 5.74) is 0.654. The van der Waals surface area contributed by atoms with Gasteiger partial charge in [-0.1, -0.05) is 101 Å². The molecule has 2 aromatic carbocycles. The number of likely N-dealkylation sites (tertiary alicyclic amines) is 2. The van der Waals surface area contributed by atoms with Crippen molar-refractivity contribution in [3.63, 3.8) is 0 Å². The molecule has 0 unspecified atom stereocenters. The topological polar surface area (TPSA) is 458 Å². The lowest BCUT2D eigenvalue weighted by atomic mass is 9.83. The Labute approximate surface area is 664 Å². The van der Waals surface area contributed by atoms with E-state index >= 15 is 0 Å². The maximum absolute atomic E-state index is 14.7. The molecule has 0 spiro atoms. The number of rotatable bonds is 34. The highest BCUT2D eigenvalue weighted by Crippen LogP contribution is 2.41. The summed E-state index contributed by atoms with van der Waals surface area (Å²) in [5, 5.41) is 121. The SMILES string of the molecule is C[C@@H]1O[C@@H](O[C@@H]2[C@@H](NC(=O)c3ccccc3)CCC[C@H]2O[C@@H]2O[C@H](CO)[C@H](O)[C@H](O[C@@H](CC3CCCCC3)C(=O)N3CCC3)[C@H]2CC(=O)COCCOCC(=O)N[C@H]2[C@H](O[C@@H]3CCC[C@H](NC(=O)c4ccccc4)[C@H]3O[C@@H]3O[C@@H](C)[C@@H](O)[C@@H](O)[C@@H]3O)O[C@H](CO)[C@H](O)[C@@H]2O[C@@H](CC2CCCCC2)C(=O)N2CCC2)[C@@H](O)[C@H](O)[C@@H]1O. The minimum atomic E-state index is -1.77. The first-order chi connectivity index (χ1) is 55.0. The first-order valence-corrected chi connectivity index (χ1v) is 41.5. The van der Waals surface area contributed by atoms with E-state index in [2.05, 4.69) is 16.0 Å². The summed E-state index contributed by atoms with van der Waals surface area (Å²) in [5.74, 6) is -3.91. The number of nitrogens with one attached hydrogen (secondary N) is 3. The maximum atomic E-state index is 14.7. The Balaban J connectivity index is 0.768. The van der Waals surface area contributed by atoms with Crippen molar-refractivity contribution in [1.29, 1.82) is 0 Å². The molecule has 12 rings (SSSR count). The molecule has 6 saturated heterocycles. The van der Waals surface area contributed by atoms with Gasteiger partial charge in [-0.15, -0.1) is 0 Å². The number of benzene rings is 2. The molecule has 4 aliphatic carbocycles. The highest BCUT2D eigenvalue weighted by Gasteiger charge is 2.56. The second kappa shape index (κ2) is 42.0. The number of hydrogen-bond donors (Lipinski definition) is 13. The van der Waals surface area contributed by atoms with Gasteiger partial charge in [-0.3, -0.25) is 28.8 Å². The number of hydrogen-bond acceptors (Lipinski definition) is 28. The first kappa shape index (κ1) is 87.9. The lowest BCUT2D eigenvalue weighted by Gasteiger charge is -2.49. The Morgan fingerprint density at radius 1 is 0.439 bits per heavy atom. The van der Waals surface area contributed by atoms with Gasteiger partial charge in [-0.25, -0.2) is 0 Å². The number of ketones is 1. The fourth-order valence-electron chi connectivity index (χ4n) is 17.7. The van der Waals surface area contributed by atoms with Crippen LogP contribution in [0, 0.1) is 17.8 Å². The van der Waals surface area contributed by atoms with Gasteiger partial charge in [0.05, 0.1) is 69.0 Å². The normalized spacial score (nSPS) is 37.0. The van der Waals surface area contributed by atoms with E-state index in [0.717, 1.165) is 77.0 Å². The van der Waals surface area contributed by atoms with E-state index in [9.17, 15) is 79.8 Å². The summed E-state index contributed by atoms with van der Waals surface area (Å²) in [6.45, 7) is 1.62. The van der Waals surface area contributed by atoms with Crippen molar-refractivity contribution in [2.75, 3.05) is 65.8 Å². The number of ether oxygens (including phenoxy) is 12. The average molecular weight is 1610 g/mol. The minimum absolute atomic E-state index is 0.0931. The Morgan fingerprint density at radius 3 is 1.32 bits per heavy atom. The number of carbonyl (C=O) groups excluding carboxylic acids is 6. The molecule has 10 aliphatic rings. The highest BCUT2D eigenvalue weighted by molar-refractivity contribution is 5.95. The van der Waals surface area contributed by atoms with Crippen molar-refractivity contribution >= 4 is 35.3 Å². The fourth-order valence-corrected chi connectivity index (χ4v) is 17.7. The van der Waals surface area contributed by atoms with Crippen LogP contribution in [0.25, 0.3) is 0 Å². The number of carbonyl (C=O) groups is 6. The fraction of sp³-hybridized carbons (Fsp3) is 0.778. The summed E-state index contributed by atoms with van der Waals surface area (Å²) in [6.07, 6.45) is -21.0. The zero-order chi connectivity index (χ0) is 80.7. The lowest BCUT2D eigenvalue weighted by Crippen LogP contribution is -2.68. The van der Waals surface area contributed by atoms with Crippen molar-refractivity contribution in [3.05, 3.63) is 71.8 Å². The van der Waals surface area contributed by atoms with Crippen LogP contribution in [0.4, 0.5) is 0 Å². The van der Waals surface area contributed by atoms with Gasteiger partial charge in [0.25, 0.3) is 23.6 Å². The van der Waals surface area contributed by atoms with Gasteiger partial charge in [-0.2, -0.15) is 0 Å². The molecule has 33 heteroatoms. The van der Waals surface area contributed by atoms with Crippen LogP contribution in [0.15, 0.2) is 60.7 Å². The molecule has 6 heterocycles. The number of aliphatic hydroxyl groups excluding tert-OH is 10. The largest absolute Gasteiger partial charge is 0.394 e. The van der Waals surface area contributed by atoms with Crippen LogP contribution in [-0.2, 0) is 76.0 Å². The molecule has 0 aromatic heterocycles. The lowest BCUT2D eigenvalue weighted by molar-refractivity contribution is -0.340. The number of Topliss-reactive ketones (excluding diaryl/α,β-unsaturated/α-hetero) is 1. The first-order valence-electron chi connectivity index (χ1n) is 41.5. The third-order valence-electron chi connectivity index (χ3n) is 24.6. The molecule has 0 radical (unpaired) electrons. The van der Waals surface area contributed by atoms with Crippen LogP contribution in [-0.4, -0.2) is 327 Å². The summed E-state index contributed by atoms with van der Waals surface area (Å²) in [6, 6.07) is 13.6. The zero-order valence-corrected chi connectivity index (χ0v) is 65.2. The van der Waals surface area contributed by atoms with Gasteiger partial charge in [0.1, 0.15) is 111 Å². The molecule has 10 fully saturated rings. The van der Waals surface area contributed by atoms with Gasteiger partial charge in [0.15, 0.2) is 30.9 Å². The number of amides is 5. The molecular formula is C81H121N5O28. The predicted octanol–water partition coefficient (Wildman–Crippen LogP) is 0.310. The van der Waals surface area contributed by atoms with Gasteiger partial charge < -0.3 is 134 Å². The van der Waals surface area contributed by atoms with E-state index in [0.29, 0.717) is 75.8 Å². The second-order valence-electron chi connectivity index (χ2n) is 32.7. The predicted molar refractivity (Wildman–Crippen MR) is 400 cm³/mol. The number of nitrogens with zero attached hydrogens (tertiary/aromatic N) is 2. The summed E-state index contributed by atoms with van der Waals surface area (Å²) in [7, 11) is 0. The molecule has 638 valence electrons. The molecule has 5 amide bonds. The van der Waals surface area contributed by atoms with Gasteiger partial charge in [0.2, 0.25) is 5.91 Å². The quantitative estimate of drug-likeness (QED) is 0.0419. The van der Waals surface area contributed by atoms with Gasteiger partial charge in [0, 0.05) is 49.6 Å². The van der Waals surface area contributed by atoms with E-state index in [1.807, 2.05) is 0 Å². The molecule has 114 heavy (non-hydrogen) atoms. The van der Waals surface area contributed by atoms with Crippen molar-refractivity contribution in [3.8, 4) is 0 Å². The third kappa shape index (κ3) is 22.2. The van der Waals surface area contributed by atoms with Crippen molar-refractivity contribution in [2.45, 2.75) is 314 Å². The number of aliphatic hydroxyl groups is 10. The van der Waals surface area contributed by atoms with E-state index in [4.69, 9.17) is 56.8 Å². The van der Waals surface area contributed by atoms with Crippen LogP contribution < -0.4 is 16.0 Å². The van der Waals surface area contributed by atoms with Crippen molar-refractivity contribution in [2.24, 2.45) is 17.8 Å². The van der Waals surface area contributed by atoms with Crippen LogP contribution in [0.5, 0.6) is 0 Å². The minimum Gasteiger partial charge on any atom is -0.394 e. The summed E-state index contributed by atoms with van der Waals surface area (Å²) in [4.78, 5) is 89.6. The zero-order valence-electron chi connectivity index (χ0n) is 65.2. The second-order valence-corrected chi connectivity index (χ2v) is 32.7. The van der Waals surface area contributed by atoms with Crippen LogP contribution >= 0.6 is 0 Å². The standard InChI is InChI=1S/C81H121N5O28/c1-44-62(91)66(95)68(97)80(105-44)113-71-52(82-74(99)48-23-11-5-12-24-48)27-15-29-54(71)109-78-51(70(64(93)58(40-87)111-78)107-56(76(101)85-31-17-32-85)37-46-19-7-3-8-20-46)39-50(89)42-103-35-36-104-43-60(90)84-61-73(108-57(77(102)86-33-18-34-86)38-47-21-9-4-10-22-47)65(94)59(41-88)112-79(61)110-55-30-16-28-53(83-75(100)49-25-13-6-14-26-49)72(55)114-81-69(98)67(96)63(92)45(2)106-81/h5-6,11-14,23-26,44-47,51-59,61-73,78-81,87-88,91-98H,3-4,7-10,15-22,27-43H2,1-2H3,(H,82,99)(H,83,100)(H,84,90)/t44-,45-,51+,52-,53-,54+,55+,56-,57-,58+,59+,61+,62+,63+,64-,65-,66+,67+,68-,69-,70+,71+,72+,73+,78+,79+,80-,81-/m0/s1. The monoisotopic (exact) mass is 1610 g/mol. The Kier molecular flexibility index (Phi) is 32.4. The van der Waals surface area contributed by atoms with E-state index < -0.39 is 228 Å². The molecule has 33 nitrogen and oxygen atoms in total. The van der Waals surface area contributed by atoms with E-state index in [1.54, 1.807) is 70.5 Å². The highest BCUT2D eigenvalue weighted by atomic mass is 16.7. The molecule has 0 bridgehead atoms. The Bertz CT molecular complexity index is 3140. The summed E-state index contributed by atoms with van der Waals surface area (Å²) < 4.78 is 77.3. The third-order valence-corrected chi connectivity index (χ3v) is 24.6. The maximum Gasteiger partial charge on any atom is 0.251 e. The van der Waals surface area contributed by atoms with E-state index in [-0.39, 0.29) is 49.7 Å². The van der Waals surface area contributed by atoms with Crippen LogP contribution in [0.3, 0.4) is 0 Å². The van der Waals surface area contributed by atoms with Crippen molar-refractivity contribution in [1.82, 2.24) is 25.8 Å². The molecule has 2 aromatic rings. The molecular weight excluding hydrogens is 1490 g/mol. The average Bonchev–Trinajstić information content (AvgIpc) is 0.820. The molecule has 13 N–H and O–H groups in total. The Hall–Kier alpha value is -5.42. The van der Waals surface area contributed by atoms with Gasteiger partial charge in [-0.05, 0) is 114 Å². The molecule has 4 saturated carbocycles. The smallest absolute Gasteiger partial charge is 0.251 e. The van der Waals surface area contributed by atoms with Crippen LogP contribution in [0.2, 0.25) is 0 Å². The van der Waals surface area contributed by atoms with Crippen molar-refractivity contribution < 1.29 is 137 Å².